The molecule has 0 fully saturated rings. The van der Waals surface area contributed by atoms with Crippen LogP contribution in [0.3, 0.4) is 0 Å². The van der Waals surface area contributed by atoms with Gasteiger partial charge in [-0.2, -0.15) is 11.8 Å². The van der Waals surface area contributed by atoms with E-state index in [-0.39, 0.29) is 11.5 Å². The molecule has 1 rings (SSSR count). The van der Waals surface area contributed by atoms with Gasteiger partial charge in [0.25, 0.3) is 0 Å². The summed E-state index contributed by atoms with van der Waals surface area (Å²) in [6.45, 7) is 6.57. The first-order valence-electron chi connectivity index (χ1n) is 8.02. The largest absolute Gasteiger partial charge is 0.450 e. The monoisotopic (exact) mass is 371 g/mol. The summed E-state index contributed by atoms with van der Waals surface area (Å²) in [5.74, 6) is 1.28. The molecule has 0 aliphatic rings. The van der Waals surface area contributed by atoms with Gasteiger partial charge in [0.2, 0.25) is 0 Å². The molecule has 0 saturated heterocycles. The average molecular weight is 372 g/mol. The highest BCUT2D eigenvalue weighted by Gasteiger charge is 2.27. The molecule has 1 N–H and O–H groups in total. The van der Waals surface area contributed by atoms with E-state index in [2.05, 4.69) is 26.1 Å². The van der Waals surface area contributed by atoms with E-state index in [1.165, 1.54) is 11.8 Å². The summed E-state index contributed by atoms with van der Waals surface area (Å²) in [5.41, 5.74) is 0.877. The number of carbonyl (C=O) groups is 2. The molecule has 0 aromatic heterocycles. The van der Waals surface area contributed by atoms with Crippen LogP contribution in [0.15, 0.2) is 24.3 Å². The Hall–Kier alpha value is -1.20. The number of thioether (sulfide) groups is 1. The van der Waals surface area contributed by atoms with Crippen LogP contribution in [0.25, 0.3) is 0 Å². The minimum Gasteiger partial charge on any atom is -0.450 e. The molecule has 4 nitrogen and oxygen atoms in total. The van der Waals surface area contributed by atoms with Gasteiger partial charge in [0.15, 0.2) is 0 Å². The highest BCUT2D eigenvalue weighted by atomic mass is 35.5. The SMILES string of the molecule is CC(C)(C)C(Cc1ccccc1Cl)NC(=O)OCCCSCC=O. The standard InChI is InChI=1S/C18H26ClNO3S/c1-18(2,3)16(13-14-7-4-5-8-15(14)19)20-17(22)23-10-6-11-24-12-9-21/h4-5,7-9,16H,6,10-13H2,1-3H3,(H,20,22). The minimum absolute atomic E-state index is 0.0886. The molecule has 0 saturated carbocycles. The van der Waals surface area contributed by atoms with Crippen LogP contribution in [0.5, 0.6) is 0 Å². The Morgan fingerprint density at radius 2 is 2.08 bits per heavy atom. The van der Waals surface area contributed by atoms with Gasteiger partial charge in [0.1, 0.15) is 6.29 Å². The van der Waals surface area contributed by atoms with Gasteiger partial charge in [-0.05, 0) is 35.6 Å². The Kier molecular flexibility index (Phi) is 9.22. The van der Waals surface area contributed by atoms with E-state index in [9.17, 15) is 9.59 Å². The van der Waals surface area contributed by atoms with Crippen LogP contribution in [-0.4, -0.2) is 36.5 Å². The van der Waals surface area contributed by atoms with Crippen molar-refractivity contribution < 1.29 is 14.3 Å². The minimum atomic E-state index is -0.414. The molecule has 1 aromatic rings. The quantitative estimate of drug-likeness (QED) is 0.518. The topological polar surface area (TPSA) is 55.4 Å². The van der Waals surface area contributed by atoms with Crippen LogP contribution < -0.4 is 5.32 Å². The van der Waals surface area contributed by atoms with Gasteiger partial charge in [0.05, 0.1) is 6.61 Å². The summed E-state index contributed by atoms with van der Waals surface area (Å²) in [6, 6.07) is 7.57. The summed E-state index contributed by atoms with van der Waals surface area (Å²) in [7, 11) is 0. The molecule has 1 unspecified atom stereocenters. The third-order valence-electron chi connectivity index (χ3n) is 3.57. The van der Waals surface area contributed by atoms with Crippen molar-refractivity contribution in [2.75, 3.05) is 18.1 Å². The third-order valence-corrected chi connectivity index (χ3v) is 4.89. The van der Waals surface area contributed by atoms with Crippen molar-refractivity contribution in [3.63, 3.8) is 0 Å². The molecule has 24 heavy (non-hydrogen) atoms. The lowest BCUT2D eigenvalue weighted by molar-refractivity contribution is -0.105. The Morgan fingerprint density at radius 1 is 1.38 bits per heavy atom. The Bertz CT molecular complexity index is 531. The van der Waals surface area contributed by atoms with Crippen molar-refractivity contribution in [1.82, 2.24) is 5.32 Å². The molecule has 1 atom stereocenters. The summed E-state index contributed by atoms with van der Waals surface area (Å²) in [4.78, 5) is 22.2. The van der Waals surface area contributed by atoms with Gasteiger partial charge in [-0.25, -0.2) is 4.79 Å². The second-order valence-electron chi connectivity index (χ2n) is 6.59. The van der Waals surface area contributed by atoms with E-state index < -0.39 is 6.09 Å². The van der Waals surface area contributed by atoms with Crippen LogP contribution in [0.1, 0.15) is 32.8 Å². The van der Waals surface area contributed by atoms with E-state index in [4.69, 9.17) is 16.3 Å². The molecular formula is C18H26ClNO3S. The number of ether oxygens (including phenoxy) is 1. The predicted octanol–water partition coefficient (Wildman–Crippen LogP) is 4.35. The fraction of sp³-hybridized carbons (Fsp3) is 0.556. The van der Waals surface area contributed by atoms with Gasteiger partial charge in [-0.3, -0.25) is 0 Å². The van der Waals surface area contributed by atoms with Crippen LogP contribution >= 0.6 is 23.4 Å². The third kappa shape index (κ3) is 8.06. The molecule has 1 aromatic carbocycles. The fourth-order valence-electron chi connectivity index (χ4n) is 2.10. The Balaban J connectivity index is 2.50. The maximum atomic E-state index is 12.0. The van der Waals surface area contributed by atoms with Crippen molar-refractivity contribution in [3.05, 3.63) is 34.9 Å². The molecule has 1 amide bonds. The van der Waals surface area contributed by atoms with Gasteiger partial charge in [-0.1, -0.05) is 50.6 Å². The number of rotatable bonds is 9. The van der Waals surface area contributed by atoms with Crippen LogP contribution in [-0.2, 0) is 16.0 Å². The molecule has 0 bridgehead atoms. The number of hydrogen-bond donors (Lipinski definition) is 1. The highest BCUT2D eigenvalue weighted by molar-refractivity contribution is 7.99. The number of halogens is 1. The van der Waals surface area contributed by atoms with E-state index in [0.717, 1.165) is 24.0 Å². The van der Waals surface area contributed by atoms with E-state index in [1.807, 2.05) is 24.3 Å². The molecule has 0 aliphatic carbocycles. The second-order valence-corrected chi connectivity index (χ2v) is 8.15. The number of carbonyl (C=O) groups excluding carboxylic acids is 2. The molecular weight excluding hydrogens is 346 g/mol. The zero-order valence-corrected chi connectivity index (χ0v) is 16.1. The summed E-state index contributed by atoms with van der Waals surface area (Å²) < 4.78 is 5.23. The van der Waals surface area contributed by atoms with Crippen molar-refractivity contribution in [1.29, 1.82) is 0 Å². The highest BCUT2D eigenvalue weighted by Crippen LogP contribution is 2.25. The molecule has 0 aliphatic heterocycles. The summed E-state index contributed by atoms with van der Waals surface area (Å²) >= 11 is 7.76. The second kappa shape index (κ2) is 10.6. The number of amides is 1. The lowest BCUT2D eigenvalue weighted by Crippen LogP contribution is -2.45. The van der Waals surface area contributed by atoms with E-state index in [1.54, 1.807) is 0 Å². The predicted molar refractivity (Wildman–Crippen MR) is 101 cm³/mol. The first-order valence-corrected chi connectivity index (χ1v) is 9.56. The van der Waals surface area contributed by atoms with Crippen molar-refractivity contribution in [2.24, 2.45) is 5.41 Å². The first kappa shape index (κ1) is 20.8. The summed E-state index contributed by atoms with van der Waals surface area (Å²) in [6.07, 6.45) is 1.84. The number of benzene rings is 1. The van der Waals surface area contributed by atoms with Gasteiger partial charge in [0, 0.05) is 16.8 Å². The normalized spacial score (nSPS) is 12.5. The molecule has 6 heteroatoms. The fourth-order valence-corrected chi connectivity index (χ4v) is 2.90. The van der Waals surface area contributed by atoms with Crippen LogP contribution in [0.4, 0.5) is 4.79 Å². The number of aldehydes is 1. The molecule has 0 radical (unpaired) electrons. The summed E-state index contributed by atoms with van der Waals surface area (Å²) in [5, 5.41) is 3.65. The molecule has 0 spiro atoms. The Labute approximate surface area is 153 Å². The van der Waals surface area contributed by atoms with Gasteiger partial charge < -0.3 is 14.8 Å². The zero-order valence-electron chi connectivity index (χ0n) is 14.5. The van der Waals surface area contributed by atoms with E-state index in [0.29, 0.717) is 23.8 Å². The maximum absolute atomic E-state index is 12.0. The van der Waals surface area contributed by atoms with Crippen LogP contribution in [0, 0.1) is 5.41 Å². The van der Waals surface area contributed by atoms with Gasteiger partial charge in [-0.15, -0.1) is 0 Å². The maximum Gasteiger partial charge on any atom is 0.407 e. The first-order chi connectivity index (χ1) is 11.3. The average Bonchev–Trinajstić information content (AvgIpc) is 2.51. The van der Waals surface area contributed by atoms with Crippen molar-refractivity contribution in [3.8, 4) is 0 Å². The molecule has 134 valence electrons. The zero-order chi connectivity index (χ0) is 18.0. The van der Waals surface area contributed by atoms with Crippen LogP contribution in [0.2, 0.25) is 5.02 Å². The van der Waals surface area contributed by atoms with E-state index >= 15 is 0 Å². The number of hydrogen-bond acceptors (Lipinski definition) is 4. The molecule has 0 heterocycles. The van der Waals surface area contributed by atoms with Gasteiger partial charge >= 0.3 is 6.09 Å². The smallest absolute Gasteiger partial charge is 0.407 e. The number of nitrogens with one attached hydrogen (secondary N) is 1. The Morgan fingerprint density at radius 3 is 2.71 bits per heavy atom. The lowest BCUT2D eigenvalue weighted by atomic mass is 9.83. The van der Waals surface area contributed by atoms with Crippen molar-refractivity contribution >= 4 is 35.7 Å². The number of alkyl carbamates (subject to hydrolysis) is 1. The lowest BCUT2D eigenvalue weighted by Gasteiger charge is -2.31. The van der Waals surface area contributed by atoms with Crippen molar-refractivity contribution in [2.45, 2.75) is 39.7 Å².